The summed E-state index contributed by atoms with van der Waals surface area (Å²) in [7, 11) is 0. The van der Waals surface area contributed by atoms with Gasteiger partial charge < -0.3 is 10.5 Å². The van der Waals surface area contributed by atoms with E-state index in [9.17, 15) is 0 Å². The molecule has 0 heterocycles. The monoisotopic (exact) mass is 295 g/mol. The van der Waals surface area contributed by atoms with Crippen LogP contribution in [0.15, 0.2) is 22.7 Å². The Balaban J connectivity index is 2.86. The molecule has 0 aliphatic rings. The zero-order valence-electron chi connectivity index (χ0n) is 10.3. The lowest BCUT2D eigenvalue weighted by Gasteiger charge is -2.14. The van der Waals surface area contributed by atoms with Crippen LogP contribution in [0.4, 0.5) is 0 Å². The number of hydrogen-bond acceptors (Lipinski definition) is 2. The molecule has 0 aliphatic heterocycles. The molecule has 1 aromatic rings. The molecular weight excluding hydrogens is 278 g/mol. The Bertz CT molecular complexity index is 420. The molecule has 1 unspecified atom stereocenters. The van der Waals surface area contributed by atoms with E-state index in [0.29, 0.717) is 6.61 Å². The minimum atomic E-state index is 0.170. The molecule has 0 bridgehead atoms. The second-order valence-corrected chi connectivity index (χ2v) is 4.67. The summed E-state index contributed by atoms with van der Waals surface area (Å²) in [6, 6.07) is 6.19. The highest BCUT2D eigenvalue weighted by molar-refractivity contribution is 9.10. The molecule has 2 N–H and O–H groups in total. The third-order valence-corrected chi connectivity index (χ3v) is 3.14. The lowest BCUT2D eigenvalue weighted by atomic mass is 10.0. The van der Waals surface area contributed by atoms with E-state index in [0.717, 1.165) is 28.6 Å². The second-order valence-electron chi connectivity index (χ2n) is 3.82. The Morgan fingerprint density at radius 3 is 2.88 bits per heavy atom. The van der Waals surface area contributed by atoms with E-state index < -0.39 is 0 Å². The van der Waals surface area contributed by atoms with Gasteiger partial charge in [-0.2, -0.15) is 0 Å². The zero-order valence-corrected chi connectivity index (χ0v) is 11.9. The molecule has 0 amide bonds. The van der Waals surface area contributed by atoms with Crippen LogP contribution in [-0.4, -0.2) is 12.6 Å². The fourth-order valence-corrected chi connectivity index (χ4v) is 2.00. The van der Waals surface area contributed by atoms with Gasteiger partial charge in [-0.05, 0) is 47.3 Å². The summed E-state index contributed by atoms with van der Waals surface area (Å²) in [4.78, 5) is 0. The number of nitrogens with two attached hydrogens (primary N) is 1. The Morgan fingerprint density at radius 1 is 1.47 bits per heavy atom. The van der Waals surface area contributed by atoms with Gasteiger partial charge in [-0.25, -0.2) is 0 Å². The first-order valence-electron chi connectivity index (χ1n) is 5.74. The van der Waals surface area contributed by atoms with Gasteiger partial charge in [0.1, 0.15) is 12.4 Å². The maximum absolute atomic E-state index is 5.98. The van der Waals surface area contributed by atoms with Crippen LogP contribution in [0.1, 0.15) is 25.8 Å². The van der Waals surface area contributed by atoms with Gasteiger partial charge in [0.2, 0.25) is 0 Å². The van der Waals surface area contributed by atoms with Crippen molar-refractivity contribution >= 4 is 15.9 Å². The molecule has 1 atom stereocenters. The number of ether oxygens (including phenoxy) is 1. The van der Waals surface area contributed by atoms with Crippen molar-refractivity contribution in [1.82, 2.24) is 0 Å². The van der Waals surface area contributed by atoms with E-state index in [1.807, 2.05) is 12.1 Å². The molecule has 1 rings (SSSR count). The lowest BCUT2D eigenvalue weighted by Crippen LogP contribution is -2.21. The number of halogens is 1. The highest BCUT2D eigenvalue weighted by Gasteiger charge is 2.10. The standard InChI is InChI=1S/C14H18BrNO/c1-3-5-9-17-14-11(10-12(16)4-2)7-6-8-13(14)15/h6-8,12H,4,9-10,16H2,1-2H3. The summed E-state index contributed by atoms with van der Waals surface area (Å²) < 4.78 is 6.63. The Hall–Kier alpha value is -0.980. The van der Waals surface area contributed by atoms with Crippen molar-refractivity contribution in [1.29, 1.82) is 0 Å². The maximum atomic E-state index is 5.98. The smallest absolute Gasteiger partial charge is 0.149 e. The molecule has 3 heteroatoms. The van der Waals surface area contributed by atoms with E-state index in [1.165, 1.54) is 0 Å². The van der Waals surface area contributed by atoms with Crippen LogP contribution in [-0.2, 0) is 6.42 Å². The predicted molar refractivity (Wildman–Crippen MR) is 75.1 cm³/mol. The first-order valence-corrected chi connectivity index (χ1v) is 6.53. The zero-order chi connectivity index (χ0) is 12.7. The summed E-state index contributed by atoms with van der Waals surface area (Å²) in [6.07, 6.45) is 1.78. The van der Waals surface area contributed by atoms with Gasteiger partial charge >= 0.3 is 0 Å². The fourth-order valence-electron chi connectivity index (χ4n) is 1.48. The number of hydrogen-bond donors (Lipinski definition) is 1. The molecule has 2 nitrogen and oxygen atoms in total. The third kappa shape index (κ3) is 4.41. The van der Waals surface area contributed by atoms with Crippen LogP contribution in [0.3, 0.4) is 0 Å². The molecule has 0 saturated carbocycles. The normalized spacial score (nSPS) is 11.5. The molecule has 17 heavy (non-hydrogen) atoms. The van der Waals surface area contributed by atoms with Crippen LogP contribution in [0.5, 0.6) is 5.75 Å². The summed E-state index contributed by atoms with van der Waals surface area (Å²) in [5.74, 6) is 6.57. The van der Waals surface area contributed by atoms with E-state index in [1.54, 1.807) is 6.92 Å². The number of rotatable bonds is 5. The molecule has 0 fully saturated rings. The van der Waals surface area contributed by atoms with Gasteiger partial charge in [0.15, 0.2) is 0 Å². The van der Waals surface area contributed by atoms with Crippen molar-refractivity contribution < 1.29 is 4.74 Å². The van der Waals surface area contributed by atoms with E-state index in [4.69, 9.17) is 10.5 Å². The molecule has 0 aromatic heterocycles. The van der Waals surface area contributed by atoms with Crippen molar-refractivity contribution in [2.75, 3.05) is 6.61 Å². The van der Waals surface area contributed by atoms with Gasteiger partial charge in [-0.3, -0.25) is 0 Å². The number of para-hydroxylation sites is 1. The van der Waals surface area contributed by atoms with Gasteiger partial charge in [0.05, 0.1) is 4.47 Å². The average molecular weight is 296 g/mol. The van der Waals surface area contributed by atoms with Crippen LogP contribution >= 0.6 is 15.9 Å². The summed E-state index contributed by atoms with van der Waals surface area (Å²) in [6.45, 7) is 4.30. The van der Waals surface area contributed by atoms with Crippen molar-refractivity contribution in [3.05, 3.63) is 28.2 Å². The lowest BCUT2D eigenvalue weighted by molar-refractivity contribution is 0.362. The molecule has 1 aromatic carbocycles. The summed E-state index contributed by atoms with van der Waals surface area (Å²) >= 11 is 3.50. The van der Waals surface area contributed by atoms with Crippen LogP contribution in [0, 0.1) is 11.8 Å². The quantitative estimate of drug-likeness (QED) is 0.847. The van der Waals surface area contributed by atoms with Crippen LogP contribution in [0.25, 0.3) is 0 Å². The Morgan fingerprint density at radius 2 is 2.24 bits per heavy atom. The number of benzene rings is 1. The van der Waals surface area contributed by atoms with Gasteiger partial charge in [0, 0.05) is 6.04 Å². The van der Waals surface area contributed by atoms with Crippen molar-refractivity contribution in [2.24, 2.45) is 5.73 Å². The minimum absolute atomic E-state index is 0.170. The van der Waals surface area contributed by atoms with Gasteiger partial charge in [-0.1, -0.05) is 25.0 Å². The molecule has 0 radical (unpaired) electrons. The van der Waals surface area contributed by atoms with E-state index >= 15 is 0 Å². The van der Waals surface area contributed by atoms with E-state index in [2.05, 4.69) is 40.8 Å². The molecule has 0 spiro atoms. The van der Waals surface area contributed by atoms with Crippen molar-refractivity contribution in [3.63, 3.8) is 0 Å². The highest BCUT2D eigenvalue weighted by atomic mass is 79.9. The van der Waals surface area contributed by atoms with Crippen molar-refractivity contribution in [2.45, 2.75) is 32.7 Å². The SMILES string of the molecule is CC#CCOc1c(Br)cccc1CC(N)CC. The average Bonchev–Trinajstić information content (AvgIpc) is 2.32. The third-order valence-electron chi connectivity index (χ3n) is 2.52. The first-order chi connectivity index (χ1) is 8.19. The Kier molecular flexibility index (Phi) is 6.10. The topological polar surface area (TPSA) is 35.2 Å². The maximum Gasteiger partial charge on any atom is 0.149 e. The minimum Gasteiger partial charge on any atom is -0.479 e. The van der Waals surface area contributed by atoms with Gasteiger partial charge in [0.25, 0.3) is 0 Å². The summed E-state index contributed by atoms with van der Waals surface area (Å²) in [5.41, 5.74) is 7.11. The second kappa shape index (κ2) is 7.37. The summed E-state index contributed by atoms with van der Waals surface area (Å²) in [5, 5.41) is 0. The molecule has 0 saturated heterocycles. The van der Waals surface area contributed by atoms with E-state index in [-0.39, 0.29) is 6.04 Å². The predicted octanol–water partition coefficient (Wildman–Crippen LogP) is 3.13. The fraction of sp³-hybridized carbons (Fsp3) is 0.429. The molecule has 92 valence electrons. The molecule has 0 aliphatic carbocycles. The first kappa shape index (κ1) is 14.1. The largest absolute Gasteiger partial charge is 0.479 e. The van der Waals surface area contributed by atoms with Gasteiger partial charge in [-0.15, -0.1) is 5.92 Å². The Labute approximate surface area is 112 Å². The van der Waals surface area contributed by atoms with Crippen molar-refractivity contribution in [3.8, 4) is 17.6 Å². The van der Waals surface area contributed by atoms with Crippen LogP contribution in [0.2, 0.25) is 0 Å². The van der Waals surface area contributed by atoms with Crippen LogP contribution < -0.4 is 10.5 Å². The molecular formula is C14H18BrNO. The highest BCUT2D eigenvalue weighted by Crippen LogP contribution is 2.30.